The first-order valence-corrected chi connectivity index (χ1v) is 9.55. The molecule has 0 spiro atoms. The van der Waals surface area contributed by atoms with Gasteiger partial charge in [0.2, 0.25) is 0 Å². The number of thiol groups is 1. The first-order valence-electron chi connectivity index (χ1n) is 9.03. The van der Waals surface area contributed by atoms with E-state index >= 15 is 0 Å². The number of fused-ring (bicyclic) bond motifs is 1. The summed E-state index contributed by atoms with van der Waals surface area (Å²) in [5, 5.41) is 0.374. The van der Waals surface area contributed by atoms with E-state index in [4.69, 9.17) is 4.74 Å². The van der Waals surface area contributed by atoms with Crippen LogP contribution in [-0.4, -0.2) is 45.5 Å². The van der Waals surface area contributed by atoms with Crippen molar-refractivity contribution >= 4 is 29.4 Å². The van der Waals surface area contributed by atoms with Gasteiger partial charge in [0.05, 0.1) is 36.2 Å². The smallest absolute Gasteiger partial charge is 0.329 e. The predicted molar refractivity (Wildman–Crippen MR) is 109 cm³/mol. The van der Waals surface area contributed by atoms with Gasteiger partial charge in [-0.15, -0.1) is 12.6 Å². The number of H-pyrrole nitrogens is 1. The fraction of sp³-hybridized carbons (Fsp3) is 0.250. The molecule has 0 bridgehead atoms. The number of carbonyl (C=O) groups excluding carboxylic acids is 1. The van der Waals surface area contributed by atoms with Gasteiger partial charge >= 0.3 is 5.69 Å². The average Bonchev–Trinajstić information content (AvgIpc) is 2.72. The molecule has 3 aromatic rings. The lowest BCUT2D eigenvalue weighted by molar-refractivity contribution is 0.0175. The molecule has 4 rings (SSSR count). The predicted octanol–water partition coefficient (Wildman–Crippen LogP) is 1.61. The molecule has 1 unspecified atom stereocenters. The van der Waals surface area contributed by atoms with Crippen LogP contribution >= 0.6 is 12.6 Å². The Balaban J connectivity index is 1.70. The van der Waals surface area contributed by atoms with Crippen LogP contribution in [0.4, 0.5) is 4.39 Å². The Morgan fingerprint density at radius 2 is 2.03 bits per heavy atom. The largest absolute Gasteiger partial charge is 0.364 e. The lowest BCUT2D eigenvalue weighted by Crippen LogP contribution is -2.44. The molecule has 1 aliphatic heterocycles. The number of morpholine rings is 1. The van der Waals surface area contributed by atoms with Gasteiger partial charge in [-0.2, -0.15) is 0 Å². The summed E-state index contributed by atoms with van der Waals surface area (Å²) >= 11 is 4.22. The van der Waals surface area contributed by atoms with Gasteiger partial charge in [0, 0.05) is 6.54 Å². The van der Waals surface area contributed by atoms with Gasteiger partial charge in [0.25, 0.3) is 11.5 Å². The number of para-hydroxylation sites is 1. The number of rotatable bonds is 3. The fourth-order valence-electron chi connectivity index (χ4n) is 3.40. The number of aromatic nitrogens is 2. The van der Waals surface area contributed by atoms with Crippen molar-refractivity contribution in [3.05, 3.63) is 80.2 Å². The highest BCUT2D eigenvalue weighted by atomic mass is 32.1. The maximum Gasteiger partial charge on any atom is 0.329 e. The van der Waals surface area contributed by atoms with E-state index in [1.54, 1.807) is 24.3 Å². The van der Waals surface area contributed by atoms with Gasteiger partial charge in [0.1, 0.15) is 11.3 Å². The highest BCUT2D eigenvalue weighted by Gasteiger charge is 2.25. The first kappa shape index (κ1) is 19.4. The number of hydrogen-bond acceptors (Lipinski definition) is 5. The van der Waals surface area contributed by atoms with Crippen molar-refractivity contribution in [3.63, 3.8) is 0 Å². The summed E-state index contributed by atoms with van der Waals surface area (Å²) in [4.78, 5) is 40.9. The van der Waals surface area contributed by atoms with Crippen molar-refractivity contribution in [3.8, 4) is 0 Å². The van der Waals surface area contributed by atoms with Gasteiger partial charge in [-0.1, -0.05) is 18.2 Å². The lowest BCUT2D eigenvalue weighted by Gasteiger charge is -2.30. The third-order valence-corrected chi connectivity index (χ3v) is 5.15. The van der Waals surface area contributed by atoms with Gasteiger partial charge in [-0.3, -0.25) is 19.1 Å². The van der Waals surface area contributed by atoms with Crippen LogP contribution in [0.15, 0.2) is 52.1 Å². The standard InChI is InChI=1S/C20H18FN3O4S/c21-15-6-5-12(9-14(15)19(26)23-7-8-28-17(29)11-23)10-24-16-4-2-1-3-13(16)18(25)22-20(24)27/h1-6,9,17,29H,7-8,10-11H2,(H,22,25,27). The maximum absolute atomic E-state index is 14.4. The summed E-state index contributed by atoms with van der Waals surface area (Å²) in [7, 11) is 0. The van der Waals surface area contributed by atoms with Crippen LogP contribution in [0.5, 0.6) is 0 Å². The molecule has 1 aromatic heterocycles. The molecule has 0 radical (unpaired) electrons. The second kappa shape index (κ2) is 7.84. The zero-order valence-corrected chi connectivity index (χ0v) is 16.2. The fourth-order valence-corrected chi connectivity index (χ4v) is 3.71. The van der Waals surface area contributed by atoms with Crippen LogP contribution in [-0.2, 0) is 11.3 Å². The van der Waals surface area contributed by atoms with Gasteiger partial charge < -0.3 is 9.64 Å². The Labute approximate surface area is 170 Å². The van der Waals surface area contributed by atoms with E-state index in [-0.39, 0.29) is 18.7 Å². The lowest BCUT2D eigenvalue weighted by atomic mass is 10.1. The summed E-state index contributed by atoms with van der Waals surface area (Å²) < 4.78 is 21.1. The van der Waals surface area contributed by atoms with Crippen molar-refractivity contribution in [2.45, 2.75) is 12.0 Å². The number of carbonyl (C=O) groups is 1. The van der Waals surface area contributed by atoms with Crippen LogP contribution in [0.1, 0.15) is 15.9 Å². The Kier molecular flexibility index (Phi) is 5.25. The molecule has 2 heterocycles. The van der Waals surface area contributed by atoms with E-state index in [0.717, 1.165) is 0 Å². The summed E-state index contributed by atoms with van der Waals surface area (Å²) in [5.41, 5.74) is -0.506. The third-order valence-electron chi connectivity index (χ3n) is 4.84. The number of nitrogens with one attached hydrogen (secondary N) is 1. The summed E-state index contributed by atoms with van der Waals surface area (Å²) in [6.45, 7) is 1.02. The SMILES string of the molecule is O=C(c1cc(Cn2c(=O)[nH]c(=O)c3ccccc32)ccc1F)N1CCOC(S)C1. The molecule has 1 saturated heterocycles. The van der Waals surface area contributed by atoms with Gasteiger partial charge in [-0.05, 0) is 29.8 Å². The van der Waals surface area contributed by atoms with Crippen molar-refractivity contribution in [2.24, 2.45) is 0 Å². The molecule has 1 aliphatic rings. The van der Waals surface area contributed by atoms with Crippen LogP contribution in [0.2, 0.25) is 0 Å². The number of amides is 1. The van der Waals surface area contributed by atoms with Crippen LogP contribution in [0.25, 0.3) is 10.9 Å². The Hall–Kier alpha value is -2.91. The third kappa shape index (κ3) is 3.83. The van der Waals surface area contributed by atoms with E-state index in [9.17, 15) is 18.8 Å². The minimum Gasteiger partial charge on any atom is -0.364 e. The molecular formula is C20H18FN3O4S. The molecule has 0 aliphatic carbocycles. The second-order valence-electron chi connectivity index (χ2n) is 6.75. The molecule has 1 atom stereocenters. The van der Waals surface area contributed by atoms with Crippen molar-refractivity contribution < 1.29 is 13.9 Å². The topological polar surface area (TPSA) is 84.4 Å². The molecule has 9 heteroatoms. The van der Waals surface area contributed by atoms with Gasteiger partial charge in [-0.25, -0.2) is 9.18 Å². The molecule has 1 fully saturated rings. The zero-order valence-electron chi connectivity index (χ0n) is 15.3. The minimum absolute atomic E-state index is 0.0771. The Morgan fingerprint density at radius 3 is 2.83 bits per heavy atom. The van der Waals surface area contributed by atoms with E-state index in [1.165, 1.54) is 27.7 Å². The molecule has 1 N–H and O–H groups in total. The molecule has 1 amide bonds. The van der Waals surface area contributed by atoms with Crippen LogP contribution < -0.4 is 11.2 Å². The van der Waals surface area contributed by atoms with Crippen molar-refractivity contribution in [1.82, 2.24) is 14.5 Å². The zero-order chi connectivity index (χ0) is 20.5. The van der Waals surface area contributed by atoms with E-state index in [2.05, 4.69) is 17.6 Å². The Morgan fingerprint density at radius 1 is 1.24 bits per heavy atom. The molecule has 150 valence electrons. The quantitative estimate of drug-likeness (QED) is 0.637. The maximum atomic E-state index is 14.4. The number of halogens is 1. The molecule has 0 saturated carbocycles. The van der Waals surface area contributed by atoms with E-state index in [0.29, 0.717) is 29.6 Å². The summed E-state index contributed by atoms with van der Waals surface area (Å²) in [6, 6.07) is 10.9. The number of ether oxygens (including phenoxy) is 1. The van der Waals surface area contributed by atoms with Crippen molar-refractivity contribution in [1.29, 1.82) is 0 Å². The number of aromatic amines is 1. The van der Waals surface area contributed by atoms with Crippen molar-refractivity contribution in [2.75, 3.05) is 19.7 Å². The van der Waals surface area contributed by atoms with E-state index < -0.39 is 28.4 Å². The second-order valence-corrected chi connectivity index (χ2v) is 7.33. The van der Waals surface area contributed by atoms with Crippen LogP contribution in [0.3, 0.4) is 0 Å². The summed E-state index contributed by atoms with van der Waals surface area (Å²) in [5.74, 6) is -1.09. The molecular weight excluding hydrogens is 397 g/mol. The summed E-state index contributed by atoms with van der Waals surface area (Å²) in [6.07, 6.45) is 0. The molecule has 2 aromatic carbocycles. The van der Waals surface area contributed by atoms with E-state index in [1.807, 2.05) is 0 Å². The van der Waals surface area contributed by atoms with Crippen LogP contribution in [0, 0.1) is 5.82 Å². The molecule has 7 nitrogen and oxygen atoms in total. The average molecular weight is 415 g/mol. The highest BCUT2D eigenvalue weighted by Crippen LogP contribution is 2.18. The minimum atomic E-state index is -0.639. The number of hydrogen-bond donors (Lipinski definition) is 2. The normalized spacial score (nSPS) is 16.9. The Bertz CT molecular complexity index is 1210. The number of benzene rings is 2. The highest BCUT2D eigenvalue weighted by molar-refractivity contribution is 7.80. The first-order chi connectivity index (χ1) is 13.9. The number of nitrogens with zero attached hydrogens (tertiary/aromatic N) is 2. The monoisotopic (exact) mass is 415 g/mol. The molecule has 29 heavy (non-hydrogen) atoms. The van der Waals surface area contributed by atoms with Gasteiger partial charge in [0.15, 0.2) is 0 Å².